The van der Waals surface area contributed by atoms with Gasteiger partial charge in [-0.05, 0) is 31.2 Å². The van der Waals surface area contributed by atoms with E-state index >= 15 is 0 Å². The topological polar surface area (TPSA) is 72.9 Å². The van der Waals surface area contributed by atoms with Crippen LogP contribution in [0.25, 0.3) is 16.7 Å². The van der Waals surface area contributed by atoms with E-state index in [-0.39, 0.29) is 17.0 Å². The Kier molecular flexibility index (Phi) is 2.34. The molecule has 2 aromatic heterocycles. The van der Waals surface area contributed by atoms with Crippen molar-refractivity contribution >= 4 is 11.0 Å². The number of nitrogens with zero attached hydrogens (tertiary/aromatic N) is 4. The fraction of sp³-hybridized carbons (Fsp3) is 0.0833. The number of benzene rings is 1. The third-order valence-electron chi connectivity index (χ3n) is 2.81. The van der Waals surface area contributed by atoms with Crippen LogP contribution in [0, 0.1) is 12.7 Å². The lowest BCUT2D eigenvalue weighted by atomic mass is 10.3. The largest absolute Gasteiger partial charge is 0.424 e. The predicted molar refractivity (Wildman–Crippen MR) is 65.0 cm³/mol. The Bertz CT molecular complexity index is 820. The molecular weight excluding hydrogens is 251 g/mol. The molecule has 0 unspecified atom stereocenters. The summed E-state index contributed by atoms with van der Waals surface area (Å²) in [5.74, 6) is -0.205. The molecule has 6 nitrogen and oxygen atoms in total. The Hall–Kier alpha value is -2.70. The lowest BCUT2D eigenvalue weighted by molar-refractivity contribution is 0.166. The van der Waals surface area contributed by atoms with Gasteiger partial charge in [-0.1, -0.05) is 0 Å². The zero-order valence-corrected chi connectivity index (χ0v) is 9.91. The Morgan fingerprint density at radius 3 is 2.63 bits per heavy atom. The summed E-state index contributed by atoms with van der Waals surface area (Å²) in [5.41, 5.74) is 0.314. The minimum atomic E-state index is -0.587. The van der Waals surface area contributed by atoms with Crippen molar-refractivity contribution in [1.29, 1.82) is 0 Å². The van der Waals surface area contributed by atoms with Gasteiger partial charge in [0.15, 0.2) is 5.65 Å². The summed E-state index contributed by atoms with van der Waals surface area (Å²) in [7, 11) is 0. The van der Waals surface area contributed by atoms with Gasteiger partial charge in [0.05, 0.1) is 11.9 Å². The predicted octanol–water partition coefficient (Wildman–Crippen LogP) is 1.27. The molecule has 19 heavy (non-hydrogen) atoms. The summed E-state index contributed by atoms with van der Waals surface area (Å²) in [6.07, 6.45) is 1.32. The van der Waals surface area contributed by atoms with E-state index in [4.69, 9.17) is 0 Å². The lowest BCUT2D eigenvalue weighted by Gasteiger charge is -2.04. The highest BCUT2D eigenvalue weighted by atomic mass is 19.1. The number of hydrogen-bond acceptors (Lipinski definition) is 4. The molecule has 0 bridgehead atoms. The van der Waals surface area contributed by atoms with Crippen molar-refractivity contribution in [3.05, 3.63) is 52.5 Å². The number of aromatic nitrogens is 4. The highest BCUT2D eigenvalue weighted by Crippen LogP contribution is 2.14. The van der Waals surface area contributed by atoms with Crippen LogP contribution in [0.15, 0.2) is 35.3 Å². The van der Waals surface area contributed by atoms with E-state index < -0.39 is 5.56 Å². The summed E-state index contributed by atoms with van der Waals surface area (Å²) in [4.78, 5) is 15.9. The number of fused-ring (bicyclic) bond motifs is 1. The fourth-order valence-electron chi connectivity index (χ4n) is 1.83. The van der Waals surface area contributed by atoms with Gasteiger partial charge >= 0.3 is 0 Å². The molecule has 0 aliphatic heterocycles. The van der Waals surface area contributed by atoms with Crippen molar-refractivity contribution in [3.63, 3.8) is 0 Å². The van der Waals surface area contributed by atoms with Crippen LogP contribution in [0.2, 0.25) is 0 Å². The first-order valence-electron chi connectivity index (χ1n) is 5.50. The molecule has 3 rings (SSSR count). The van der Waals surface area contributed by atoms with Crippen LogP contribution in [0.1, 0.15) is 5.82 Å². The Labute approximate surface area is 106 Å². The molecular formula is C12H9FN4O2. The van der Waals surface area contributed by atoms with Gasteiger partial charge in [-0.3, -0.25) is 4.79 Å². The van der Waals surface area contributed by atoms with Gasteiger partial charge in [0, 0.05) is 0 Å². The smallest absolute Gasteiger partial charge is 0.297 e. The van der Waals surface area contributed by atoms with Crippen LogP contribution in [-0.2, 0) is 0 Å². The van der Waals surface area contributed by atoms with Crippen LogP contribution in [0.4, 0.5) is 4.39 Å². The average molecular weight is 260 g/mol. The van der Waals surface area contributed by atoms with Crippen molar-refractivity contribution in [2.24, 2.45) is 0 Å². The molecule has 0 atom stereocenters. The SMILES string of the molecule is Cc1nc2c(cnn2-c2ccc(F)cc2)c(=O)n1O. The molecule has 1 N–H and O–H groups in total. The standard InChI is InChI=1S/C12H9FN4O2/c1-7-15-11-10(12(18)17(7)19)6-14-16(11)9-4-2-8(13)3-5-9/h2-6,19H,1H3. The second kappa shape index (κ2) is 3.91. The first-order valence-corrected chi connectivity index (χ1v) is 5.50. The van der Waals surface area contributed by atoms with Crippen LogP contribution in [0.3, 0.4) is 0 Å². The molecule has 2 heterocycles. The Morgan fingerprint density at radius 1 is 1.26 bits per heavy atom. The van der Waals surface area contributed by atoms with Gasteiger partial charge in [0.1, 0.15) is 17.0 Å². The molecule has 0 saturated heterocycles. The zero-order valence-electron chi connectivity index (χ0n) is 9.91. The summed E-state index contributed by atoms with van der Waals surface area (Å²) >= 11 is 0. The highest BCUT2D eigenvalue weighted by Gasteiger charge is 2.13. The lowest BCUT2D eigenvalue weighted by Crippen LogP contribution is -2.21. The number of halogens is 1. The molecule has 1 aromatic carbocycles. The molecule has 0 amide bonds. The molecule has 96 valence electrons. The zero-order chi connectivity index (χ0) is 13.6. The first kappa shape index (κ1) is 11.4. The number of rotatable bonds is 1. The van der Waals surface area contributed by atoms with Crippen molar-refractivity contribution in [1.82, 2.24) is 19.5 Å². The van der Waals surface area contributed by atoms with Gasteiger partial charge in [-0.15, -0.1) is 4.73 Å². The van der Waals surface area contributed by atoms with E-state index in [9.17, 15) is 14.4 Å². The van der Waals surface area contributed by atoms with Gasteiger partial charge in [-0.25, -0.2) is 14.1 Å². The monoisotopic (exact) mass is 260 g/mol. The molecule has 0 aliphatic rings. The molecule has 0 spiro atoms. The second-order valence-electron chi connectivity index (χ2n) is 4.05. The molecule has 0 radical (unpaired) electrons. The summed E-state index contributed by atoms with van der Waals surface area (Å²) in [5, 5.41) is 13.7. The van der Waals surface area contributed by atoms with E-state index in [1.807, 2.05) is 0 Å². The quantitative estimate of drug-likeness (QED) is 0.669. The minimum Gasteiger partial charge on any atom is -0.424 e. The average Bonchev–Trinajstić information content (AvgIpc) is 2.81. The van der Waals surface area contributed by atoms with E-state index in [1.165, 1.54) is 42.1 Å². The summed E-state index contributed by atoms with van der Waals surface area (Å²) in [6, 6.07) is 5.65. The first-order chi connectivity index (χ1) is 9.08. The van der Waals surface area contributed by atoms with Crippen molar-refractivity contribution < 1.29 is 9.60 Å². The normalized spacial score (nSPS) is 11.1. The van der Waals surface area contributed by atoms with Gasteiger partial charge in [0.2, 0.25) is 0 Å². The van der Waals surface area contributed by atoms with Crippen molar-refractivity contribution in [2.45, 2.75) is 6.92 Å². The third kappa shape index (κ3) is 1.67. The minimum absolute atomic E-state index is 0.154. The van der Waals surface area contributed by atoms with Crippen molar-refractivity contribution in [3.8, 4) is 5.69 Å². The van der Waals surface area contributed by atoms with E-state index in [0.717, 1.165) is 0 Å². The van der Waals surface area contributed by atoms with Crippen LogP contribution in [-0.4, -0.2) is 24.7 Å². The maximum atomic E-state index is 12.9. The molecule has 0 aliphatic carbocycles. The molecule has 0 saturated carbocycles. The maximum absolute atomic E-state index is 12.9. The Morgan fingerprint density at radius 2 is 1.95 bits per heavy atom. The molecule has 3 aromatic rings. The third-order valence-corrected chi connectivity index (χ3v) is 2.81. The van der Waals surface area contributed by atoms with Crippen LogP contribution < -0.4 is 5.56 Å². The molecule has 7 heteroatoms. The van der Waals surface area contributed by atoms with Crippen LogP contribution in [0.5, 0.6) is 0 Å². The van der Waals surface area contributed by atoms with Crippen LogP contribution >= 0.6 is 0 Å². The summed E-state index contributed by atoms with van der Waals surface area (Å²) < 4.78 is 14.8. The van der Waals surface area contributed by atoms with E-state index in [1.54, 1.807) is 0 Å². The summed E-state index contributed by atoms with van der Waals surface area (Å²) in [6.45, 7) is 1.50. The van der Waals surface area contributed by atoms with Gasteiger partial charge in [0.25, 0.3) is 5.56 Å². The van der Waals surface area contributed by atoms with E-state index in [0.29, 0.717) is 16.1 Å². The highest BCUT2D eigenvalue weighted by molar-refractivity contribution is 5.75. The van der Waals surface area contributed by atoms with Gasteiger partial charge in [-0.2, -0.15) is 5.10 Å². The van der Waals surface area contributed by atoms with E-state index in [2.05, 4.69) is 10.1 Å². The Balaban J connectivity index is 2.32. The van der Waals surface area contributed by atoms with Crippen molar-refractivity contribution in [2.75, 3.05) is 0 Å². The number of aryl methyl sites for hydroxylation is 1. The molecule has 0 fully saturated rings. The fourth-order valence-corrected chi connectivity index (χ4v) is 1.83. The maximum Gasteiger partial charge on any atom is 0.297 e. The van der Waals surface area contributed by atoms with Gasteiger partial charge < -0.3 is 5.21 Å². The second-order valence-corrected chi connectivity index (χ2v) is 4.05. The number of hydrogen-bond donors (Lipinski definition) is 1.